The van der Waals surface area contributed by atoms with E-state index in [1.807, 2.05) is 24.3 Å². The van der Waals surface area contributed by atoms with E-state index >= 15 is 0 Å². The largest absolute Gasteiger partial charge is 0.441 e. The standard InChI is InChI=1S/C22H20FN3O3/c23-17-8-4-3-7-16(17)19-12-25-20(29-19)9-10-21(27)26-13-15-6-2-1-5-14(15)11-18(26)22(24)28/h1-8,12,18H,9-11,13H2,(H2,24,28). The van der Waals surface area contributed by atoms with Crippen molar-refractivity contribution in [2.45, 2.75) is 31.8 Å². The average Bonchev–Trinajstić information content (AvgIpc) is 3.20. The molecule has 2 N–H and O–H groups in total. The van der Waals surface area contributed by atoms with Crippen molar-refractivity contribution in [2.24, 2.45) is 5.73 Å². The molecule has 1 aliphatic rings. The van der Waals surface area contributed by atoms with Crippen LogP contribution in [-0.4, -0.2) is 27.7 Å². The molecule has 2 amide bonds. The second-order valence-corrected chi connectivity index (χ2v) is 7.01. The number of fused-ring (bicyclic) bond motifs is 1. The van der Waals surface area contributed by atoms with Gasteiger partial charge in [0.15, 0.2) is 11.7 Å². The van der Waals surface area contributed by atoms with E-state index in [-0.39, 0.29) is 18.7 Å². The molecule has 6 nitrogen and oxygen atoms in total. The highest BCUT2D eigenvalue weighted by atomic mass is 19.1. The maximum Gasteiger partial charge on any atom is 0.240 e. The predicted octanol–water partition coefficient (Wildman–Crippen LogP) is 2.85. The van der Waals surface area contributed by atoms with Gasteiger partial charge >= 0.3 is 0 Å². The topological polar surface area (TPSA) is 89.4 Å². The first-order valence-corrected chi connectivity index (χ1v) is 9.38. The van der Waals surface area contributed by atoms with E-state index in [2.05, 4.69) is 4.98 Å². The first-order valence-electron chi connectivity index (χ1n) is 9.38. The molecule has 0 saturated heterocycles. The number of amides is 2. The molecule has 1 atom stereocenters. The molecule has 0 fully saturated rings. The number of aryl methyl sites for hydroxylation is 1. The van der Waals surface area contributed by atoms with Gasteiger partial charge in [-0.2, -0.15) is 0 Å². The van der Waals surface area contributed by atoms with E-state index in [1.54, 1.807) is 18.2 Å². The Morgan fingerprint density at radius 1 is 1.14 bits per heavy atom. The zero-order valence-corrected chi connectivity index (χ0v) is 15.7. The van der Waals surface area contributed by atoms with Crippen molar-refractivity contribution in [3.8, 4) is 11.3 Å². The van der Waals surface area contributed by atoms with Gasteiger partial charge in [-0.25, -0.2) is 9.37 Å². The molecule has 2 aromatic carbocycles. The molecule has 3 aromatic rings. The summed E-state index contributed by atoms with van der Waals surface area (Å²) >= 11 is 0. The van der Waals surface area contributed by atoms with Crippen LogP contribution in [0.2, 0.25) is 0 Å². The zero-order valence-electron chi connectivity index (χ0n) is 15.7. The third-order valence-electron chi connectivity index (χ3n) is 5.14. The molecule has 0 bridgehead atoms. The van der Waals surface area contributed by atoms with Crippen LogP contribution in [-0.2, 0) is 29.0 Å². The third kappa shape index (κ3) is 3.89. The van der Waals surface area contributed by atoms with Crippen LogP contribution in [0.5, 0.6) is 0 Å². The van der Waals surface area contributed by atoms with Crippen molar-refractivity contribution in [3.05, 3.63) is 77.6 Å². The minimum absolute atomic E-state index is 0.114. The van der Waals surface area contributed by atoms with E-state index in [1.165, 1.54) is 17.2 Å². The molecule has 148 valence electrons. The Balaban J connectivity index is 1.46. The number of rotatable bonds is 5. The fourth-order valence-corrected chi connectivity index (χ4v) is 3.61. The van der Waals surface area contributed by atoms with Gasteiger partial charge in [-0.3, -0.25) is 9.59 Å². The number of aromatic nitrogens is 1. The predicted molar refractivity (Wildman–Crippen MR) is 104 cm³/mol. The number of nitrogens with zero attached hydrogens (tertiary/aromatic N) is 2. The normalized spacial score (nSPS) is 15.8. The molecule has 1 unspecified atom stereocenters. The highest BCUT2D eigenvalue weighted by Gasteiger charge is 2.33. The van der Waals surface area contributed by atoms with Gasteiger partial charge < -0.3 is 15.1 Å². The Hall–Kier alpha value is -3.48. The number of benzene rings is 2. The first-order chi connectivity index (χ1) is 14.0. The number of hydrogen-bond acceptors (Lipinski definition) is 4. The quantitative estimate of drug-likeness (QED) is 0.722. The minimum Gasteiger partial charge on any atom is -0.441 e. The highest BCUT2D eigenvalue weighted by molar-refractivity contribution is 5.87. The van der Waals surface area contributed by atoms with Gasteiger partial charge in [-0.1, -0.05) is 36.4 Å². The van der Waals surface area contributed by atoms with E-state index in [9.17, 15) is 14.0 Å². The van der Waals surface area contributed by atoms with Crippen LogP contribution in [0, 0.1) is 5.82 Å². The summed E-state index contributed by atoms with van der Waals surface area (Å²) in [5, 5.41) is 0. The van der Waals surface area contributed by atoms with Crippen LogP contribution >= 0.6 is 0 Å². The molecule has 29 heavy (non-hydrogen) atoms. The Bertz CT molecular complexity index is 1060. The van der Waals surface area contributed by atoms with Crippen LogP contribution in [0.4, 0.5) is 4.39 Å². The summed E-state index contributed by atoms with van der Waals surface area (Å²) in [5.41, 5.74) is 7.90. The number of carbonyl (C=O) groups is 2. The third-order valence-corrected chi connectivity index (χ3v) is 5.14. The molecular weight excluding hydrogens is 373 g/mol. The van der Waals surface area contributed by atoms with E-state index in [0.29, 0.717) is 30.2 Å². The second-order valence-electron chi connectivity index (χ2n) is 7.01. The first kappa shape index (κ1) is 18.9. The van der Waals surface area contributed by atoms with Crippen LogP contribution in [0.3, 0.4) is 0 Å². The Morgan fingerprint density at radius 3 is 2.62 bits per heavy atom. The Labute approximate surface area is 167 Å². The zero-order chi connectivity index (χ0) is 20.4. The highest BCUT2D eigenvalue weighted by Crippen LogP contribution is 2.26. The fourth-order valence-electron chi connectivity index (χ4n) is 3.61. The lowest BCUT2D eigenvalue weighted by atomic mass is 9.93. The van der Waals surface area contributed by atoms with Gasteiger partial charge in [0.2, 0.25) is 11.8 Å². The Morgan fingerprint density at radius 2 is 1.86 bits per heavy atom. The minimum atomic E-state index is -0.670. The molecule has 0 aliphatic carbocycles. The fraction of sp³-hybridized carbons (Fsp3) is 0.227. The summed E-state index contributed by atoms with van der Waals surface area (Å²) in [7, 11) is 0. The summed E-state index contributed by atoms with van der Waals surface area (Å²) in [6.45, 7) is 0.342. The van der Waals surface area contributed by atoms with Crippen molar-refractivity contribution in [1.29, 1.82) is 0 Å². The number of hydrogen-bond donors (Lipinski definition) is 1. The second kappa shape index (κ2) is 7.87. The maximum absolute atomic E-state index is 13.9. The SMILES string of the molecule is NC(=O)C1Cc2ccccc2CN1C(=O)CCc1ncc(-c2ccccc2F)o1. The molecule has 1 aliphatic heterocycles. The summed E-state index contributed by atoms with van der Waals surface area (Å²) in [5.74, 6) is -0.473. The van der Waals surface area contributed by atoms with Crippen molar-refractivity contribution in [1.82, 2.24) is 9.88 Å². The molecular formula is C22H20FN3O3. The number of oxazole rings is 1. The van der Waals surface area contributed by atoms with Crippen LogP contribution in [0.15, 0.2) is 59.1 Å². The average molecular weight is 393 g/mol. The van der Waals surface area contributed by atoms with Crippen LogP contribution in [0.1, 0.15) is 23.4 Å². The summed E-state index contributed by atoms with van der Waals surface area (Å²) in [4.78, 5) is 30.4. The summed E-state index contributed by atoms with van der Waals surface area (Å²) < 4.78 is 19.5. The van der Waals surface area contributed by atoms with Crippen molar-refractivity contribution in [3.63, 3.8) is 0 Å². The van der Waals surface area contributed by atoms with E-state index in [0.717, 1.165) is 11.1 Å². The molecule has 7 heteroatoms. The smallest absolute Gasteiger partial charge is 0.240 e. The lowest BCUT2D eigenvalue weighted by Crippen LogP contribution is -2.51. The lowest BCUT2D eigenvalue weighted by Gasteiger charge is -2.35. The van der Waals surface area contributed by atoms with Crippen LogP contribution in [0.25, 0.3) is 11.3 Å². The summed E-state index contributed by atoms with van der Waals surface area (Å²) in [6, 6.07) is 13.3. The van der Waals surface area contributed by atoms with Gasteiger partial charge in [-0.05, 0) is 23.3 Å². The number of halogens is 1. The molecule has 0 radical (unpaired) electrons. The van der Waals surface area contributed by atoms with Crippen molar-refractivity contribution < 1.29 is 18.4 Å². The van der Waals surface area contributed by atoms with Gasteiger partial charge in [0.25, 0.3) is 0 Å². The number of nitrogens with two attached hydrogens (primary N) is 1. The molecule has 1 aromatic heterocycles. The van der Waals surface area contributed by atoms with Gasteiger partial charge in [0.1, 0.15) is 11.9 Å². The molecule has 0 spiro atoms. The van der Waals surface area contributed by atoms with Crippen molar-refractivity contribution >= 4 is 11.8 Å². The molecule has 0 saturated carbocycles. The lowest BCUT2D eigenvalue weighted by molar-refractivity contribution is -0.140. The van der Waals surface area contributed by atoms with Crippen molar-refractivity contribution in [2.75, 3.05) is 0 Å². The maximum atomic E-state index is 13.9. The number of carbonyl (C=O) groups excluding carboxylic acids is 2. The molecule has 2 heterocycles. The van der Waals surface area contributed by atoms with E-state index < -0.39 is 17.8 Å². The molecule has 4 rings (SSSR count). The monoisotopic (exact) mass is 393 g/mol. The van der Waals surface area contributed by atoms with Crippen LogP contribution < -0.4 is 5.73 Å². The summed E-state index contributed by atoms with van der Waals surface area (Å²) in [6.07, 6.45) is 2.22. The van der Waals surface area contributed by atoms with Gasteiger partial charge in [-0.15, -0.1) is 0 Å². The Kier molecular flexibility index (Phi) is 5.12. The number of primary amides is 1. The van der Waals surface area contributed by atoms with Gasteiger partial charge in [0, 0.05) is 25.8 Å². The van der Waals surface area contributed by atoms with E-state index in [4.69, 9.17) is 10.2 Å². The van der Waals surface area contributed by atoms with Gasteiger partial charge in [0.05, 0.1) is 11.8 Å².